The molecule has 1 aliphatic rings. The molecule has 1 radical (unpaired) electrons. The summed E-state index contributed by atoms with van der Waals surface area (Å²) < 4.78 is 39.4. The topological polar surface area (TPSA) is 186 Å². The van der Waals surface area contributed by atoms with E-state index in [1.807, 2.05) is 6.26 Å². The van der Waals surface area contributed by atoms with Gasteiger partial charge in [-0.2, -0.15) is 5.82 Å². The van der Waals surface area contributed by atoms with Gasteiger partial charge in [-0.15, -0.1) is 0 Å². The molecule has 1 aromatic carbocycles. The Morgan fingerprint density at radius 1 is 1.15 bits per heavy atom. The summed E-state index contributed by atoms with van der Waals surface area (Å²) in [7, 11) is 7.38. The minimum absolute atomic E-state index is 0.0112. The van der Waals surface area contributed by atoms with Crippen LogP contribution in [0.2, 0.25) is 0 Å². The molecular weight excluding hydrogens is 753 g/mol. The van der Waals surface area contributed by atoms with Crippen molar-refractivity contribution in [3.05, 3.63) is 29.8 Å². The highest BCUT2D eigenvalue weighted by Crippen LogP contribution is 2.38. The van der Waals surface area contributed by atoms with Crippen LogP contribution in [-0.2, 0) is 33.2 Å². The van der Waals surface area contributed by atoms with Gasteiger partial charge >= 0.3 is 6.16 Å². The molecule has 0 aliphatic carbocycles. The number of nitrogens with two attached hydrogens (primary N) is 1. The molecule has 1 aromatic rings. The van der Waals surface area contributed by atoms with Crippen molar-refractivity contribution in [2.24, 2.45) is 5.73 Å². The minimum atomic E-state index is -0.947. The Hall–Kier alpha value is -1.99. The van der Waals surface area contributed by atoms with Crippen molar-refractivity contribution in [2.75, 3.05) is 58.9 Å². The van der Waals surface area contributed by atoms with Gasteiger partial charge in [0.05, 0.1) is 38.6 Å². The van der Waals surface area contributed by atoms with E-state index in [1.165, 1.54) is 32.4 Å². The summed E-state index contributed by atoms with van der Waals surface area (Å²) in [5, 5.41) is 15.2. The predicted molar refractivity (Wildman–Crippen MR) is 208 cm³/mol. The normalized spacial score (nSPS) is 18.1. The number of hydrogen-bond acceptors (Lipinski definition) is 16. The van der Waals surface area contributed by atoms with E-state index in [0.717, 1.165) is 0 Å². The number of carbonyl (C=O) groups is 3. The number of benzene rings is 1. The fraction of sp³-hybridized carbons (Fsp3) is 0.667. The van der Waals surface area contributed by atoms with Crippen molar-refractivity contribution in [3.8, 4) is 17.5 Å². The zero-order valence-corrected chi connectivity index (χ0v) is 33.7. The zero-order valence-electron chi connectivity index (χ0n) is 30.5. The second kappa shape index (κ2) is 25.9. The first-order chi connectivity index (χ1) is 24.8. The predicted octanol–water partition coefficient (Wildman–Crippen LogP) is 3.42. The monoisotopic (exact) mass is 804 g/mol. The first-order valence-corrected chi connectivity index (χ1v) is 21.5. The third-order valence-electron chi connectivity index (χ3n) is 6.22. The second-order valence-corrected chi connectivity index (χ2v) is 17.9. The van der Waals surface area contributed by atoms with Crippen LogP contribution in [0.15, 0.2) is 24.3 Å². The molecule has 2 amide bonds. The van der Waals surface area contributed by atoms with E-state index in [0.29, 0.717) is 30.8 Å². The van der Waals surface area contributed by atoms with Crippen LogP contribution in [-0.4, -0.2) is 129 Å². The second-order valence-electron chi connectivity index (χ2n) is 12.2. The van der Waals surface area contributed by atoms with E-state index in [9.17, 15) is 19.5 Å². The molecule has 14 nitrogen and oxygen atoms in total. The lowest BCUT2D eigenvalue weighted by Crippen LogP contribution is -2.32. The largest absolute Gasteiger partial charge is 0.511 e. The van der Waals surface area contributed by atoms with Gasteiger partial charge in [0.1, 0.15) is 30.5 Å². The molecule has 1 aliphatic heterocycles. The molecule has 0 saturated carbocycles. The minimum Gasteiger partial charge on any atom is -0.490 e. The molecule has 5 N–H and O–H groups in total. The van der Waals surface area contributed by atoms with Crippen LogP contribution in [0.3, 0.4) is 0 Å². The molecule has 5 atom stereocenters. The van der Waals surface area contributed by atoms with Crippen molar-refractivity contribution >= 4 is 68.4 Å². The Morgan fingerprint density at radius 2 is 1.94 bits per heavy atom. The van der Waals surface area contributed by atoms with Crippen LogP contribution in [0.4, 0.5) is 4.79 Å². The van der Waals surface area contributed by atoms with Crippen LogP contribution < -0.4 is 21.1 Å². The van der Waals surface area contributed by atoms with Gasteiger partial charge in [0.2, 0.25) is 5.91 Å². The highest BCUT2D eigenvalue weighted by atomic mass is 33.1. The third-order valence-corrected chi connectivity index (χ3v) is 11.3. The molecule has 0 bridgehead atoms. The maximum Gasteiger partial charge on any atom is 0.511 e. The summed E-state index contributed by atoms with van der Waals surface area (Å²) in [6.07, 6.45) is -0.146. The van der Waals surface area contributed by atoms with Crippen LogP contribution in [0.1, 0.15) is 51.4 Å². The van der Waals surface area contributed by atoms with Crippen molar-refractivity contribution in [1.29, 1.82) is 0 Å². The average molecular weight is 805 g/mol. The Kier molecular flexibility index (Phi) is 23.0. The van der Waals surface area contributed by atoms with Crippen LogP contribution in [0.5, 0.6) is 5.75 Å². The molecule has 1 saturated heterocycles. The van der Waals surface area contributed by atoms with Gasteiger partial charge in [-0.3, -0.25) is 9.59 Å². The van der Waals surface area contributed by atoms with Gasteiger partial charge in [0.25, 0.3) is 18.8 Å². The standard InChI is InChI=1S/C33H51BN3O11S4/c1-22(2)45-31(41)48-32(51-49-6)47-25-18-27(46-26(25)19-38)34-11-8-13-36-28(39)20-42-15-16-43-29(50-52-33(3,4)5)21-44-24-10-7-9-23(17-24)30(40)37-14-12-35/h7,9-10,17,22,25-27,29,32,38H,12-16,18-21,35H2,1-6H3,(H,36,39)(H,37,40)/t25-,26?,27-,29?,32-/m1/s1. The molecule has 2 unspecified atom stereocenters. The maximum absolute atomic E-state index is 12.3. The van der Waals surface area contributed by atoms with Crippen LogP contribution in [0.25, 0.3) is 0 Å². The third kappa shape index (κ3) is 20.5. The van der Waals surface area contributed by atoms with Crippen molar-refractivity contribution in [2.45, 2.75) is 81.2 Å². The summed E-state index contributed by atoms with van der Waals surface area (Å²) in [5.74, 6) is 5.69. The summed E-state index contributed by atoms with van der Waals surface area (Å²) in [6, 6.07) is 6.47. The Labute approximate surface area is 323 Å². The molecule has 1 heterocycles. The molecule has 291 valence electrons. The summed E-state index contributed by atoms with van der Waals surface area (Å²) in [6.45, 7) is 10.8. The van der Waals surface area contributed by atoms with Gasteiger partial charge in [0.15, 0.2) is 0 Å². The Morgan fingerprint density at radius 3 is 2.63 bits per heavy atom. The maximum atomic E-state index is 12.3. The van der Waals surface area contributed by atoms with E-state index in [2.05, 4.69) is 43.1 Å². The smallest absolute Gasteiger partial charge is 0.490 e. The summed E-state index contributed by atoms with van der Waals surface area (Å²) >= 11 is 0. The van der Waals surface area contributed by atoms with Gasteiger partial charge in [0, 0.05) is 29.4 Å². The van der Waals surface area contributed by atoms with Gasteiger partial charge in [-0.25, -0.2) is 4.79 Å². The van der Waals surface area contributed by atoms with E-state index < -0.39 is 30.0 Å². The molecule has 2 rings (SSSR count). The number of rotatable bonds is 23. The molecule has 19 heteroatoms. The number of aliphatic hydroxyl groups is 1. The van der Waals surface area contributed by atoms with Gasteiger partial charge in [-0.1, -0.05) is 65.1 Å². The lowest BCUT2D eigenvalue weighted by molar-refractivity contribution is -0.126. The first-order valence-electron chi connectivity index (χ1n) is 16.6. The number of hydrogen-bond donors (Lipinski definition) is 4. The van der Waals surface area contributed by atoms with E-state index in [1.54, 1.807) is 56.2 Å². The molecule has 1 fully saturated rings. The number of amides is 2. The fourth-order valence-electron chi connectivity index (χ4n) is 4.03. The Bertz CT molecular complexity index is 1290. The van der Waals surface area contributed by atoms with E-state index in [-0.39, 0.29) is 67.7 Å². The SMILES string of the molecule is CSS[C@@H](OC(=O)OC(C)C)O[C@@H]1C[C@H]([B]C#CCNC(=O)COCCOC(COc2cccc(C(=O)NCCN)c2)SSC(C)(C)C)OC1CO. The highest BCUT2D eigenvalue weighted by Gasteiger charge is 2.38. The van der Waals surface area contributed by atoms with E-state index in [4.69, 9.17) is 38.9 Å². The molecule has 52 heavy (non-hydrogen) atoms. The lowest BCUT2D eigenvalue weighted by Gasteiger charge is -2.23. The average Bonchev–Trinajstić information content (AvgIpc) is 3.48. The number of ether oxygens (including phenoxy) is 7. The number of carbonyl (C=O) groups excluding carboxylic acids is 3. The number of aliphatic hydroxyl groups excluding tert-OH is 1. The Balaban J connectivity index is 1.71. The zero-order chi connectivity index (χ0) is 38.4. The molecule has 0 spiro atoms. The quantitative estimate of drug-likeness (QED) is 0.0315. The molecule has 0 aromatic heterocycles. The van der Waals surface area contributed by atoms with Crippen LogP contribution in [0, 0.1) is 11.7 Å². The van der Waals surface area contributed by atoms with Crippen molar-refractivity contribution in [1.82, 2.24) is 10.6 Å². The molecular formula is C33H51BN3O11S4. The van der Waals surface area contributed by atoms with Gasteiger partial charge in [-0.05, 0) is 55.5 Å². The van der Waals surface area contributed by atoms with Crippen LogP contribution >= 0.6 is 43.2 Å². The van der Waals surface area contributed by atoms with E-state index >= 15 is 0 Å². The summed E-state index contributed by atoms with van der Waals surface area (Å²) in [5.41, 5.74) is 4.66. The van der Waals surface area contributed by atoms with Crippen molar-refractivity contribution < 1.29 is 52.6 Å². The van der Waals surface area contributed by atoms with Gasteiger partial charge < -0.3 is 54.6 Å². The summed E-state index contributed by atoms with van der Waals surface area (Å²) in [4.78, 5) is 36.5. The fourth-order valence-corrected chi connectivity index (χ4v) is 7.41. The highest BCUT2D eigenvalue weighted by molar-refractivity contribution is 8.77. The van der Waals surface area contributed by atoms with Crippen molar-refractivity contribution in [3.63, 3.8) is 0 Å². The lowest BCUT2D eigenvalue weighted by atomic mass is 9.71. The number of nitrogens with one attached hydrogen (secondary N) is 2. The first kappa shape index (κ1) is 46.2.